The number of hydrogen-bond donors (Lipinski definition) is 1. The number of benzene rings is 2. The van der Waals surface area contributed by atoms with Crippen molar-refractivity contribution in [3.8, 4) is 0 Å². The maximum Gasteiger partial charge on any atom is 0.410 e. The number of carbonyl (C=O) groups excluding carboxylic acids is 3. The first-order valence-electron chi connectivity index (χ1n) is 14.3. The van der Waals surface area contributed by atoms with E-state index in [1.54, 1.807) is 36.9 Å². The van der Waals surface area contributed by atoms with E-state index < -0.39 is 41.1 Å². The molecular formula is C33H34F3N5O5. The third kappa shape index (κ3) is 8.23. The molecule has 10 nitrogen and oxygen atoms in total. The Morgan fingerprint density at radius 3 is 2.35 bits per heavy atom. The summed E-state index contributed by atoms with van der Waals surface area (Å²) in [6.45, 7) is -0.0549. The van der Waals surface area contributed by atoms with Crippen LogP contribution in [0.25, 0.3) is 10.9 Å². The van der Waals surface area contributed by atoms with Crippen LogP contribution in [0.15, 0.2) is 77.7 Å². The molecule has 2 aromatic carbocycles. The molecule has 1 unspecified atom stereocenters. The molecule has 0 aliphatic carbocycles. The van der Waals surface area contributed by atoms with Gasteiger partial charge in [-0.2, -0.15) is 0 Å². The van der Waals surface area contributed by atoms with E-state index in [1.807, 2.05) is 0 Å². The number of ether oxygens (including phenoxy) is 1. The standard InChI is InChI=1S/C33H34F3N5O5/c1-38(2)30(42)10-6-5-9-29(46-33(45)39(3)4)31(43)37-27-8-7-15-40(32(27)44)20-25-17-22-16-23(34)13-14-28(22)41(25)19-21-11-12-24(35)18-26(21)36/h6-8,10-18,29H,5,9,19-20H2,1-4H3,(H,37,43)/b10-6+. The van der Waals surface area contributed by atoms with Crippen LogP contribution in [0.1, 0.15) is 24.1 Å². The lowest BCUT2D eigenvalue weighted by molar-refractivity contribution is -0.125. The minimum absolute atomic E-state index is 0.0186. The van der Waals surface area contributed by atoms with Crippen molar-refractivity contribution in [2.45, 2.75) is 32.0 Å². The minimum Gasteiger partial charge on any atom is -0.436 e. The average molecular weight is 638 g/mol. The fourth-order valence-electron chi connectivity index (χ4n) is 4.63. The lowest BCUT2D eigenvalue weighted by Gasteiger charge is -2.20. The van der Waals surface area contributed by atoms with Gasteiger partial charge in [0.1, 0.15) is 23.1 Å². The molecule has 3 amide bonds. The molecule has 0 aliphatic rings. The van der Waals surface area contributed by atoms with Crippen molar-refractivity contribution in [2.24, 2.45) is 0 Å². The number of nitrogens with zero attached hydrogens (tertiary/aromatic N) is 4. The second-order valence-electron chi connectivity index (χ2n) is 11.0. The van der Waals surface area contributed by atoms with E-state index in [4.69, 9.17) is 4.74 Å². The molecule has 2 aromatic heterocycles. The Labute approximate surface area is 263 Å². The van der Waals surface area contributed by atoms with Crippen LogP contribution in [-0.2, 0) is 27.4 Å². The average Bonchev–Trinajstić information content (AvgIpc) is 3.32. The molecular weight excluding hydrogens is 603 g/mol. The van der Waals surface area contributed by atoms with Crippen molar-refractivity contribution >= 4 is 34.5 Å². The van der Waals surface area contributed by atoms with Gasteiger partial charge in [-0.15, -0.1) is 0 Å². The number of hydrogen-bond acceptors (Lipinski definition) is 5. The Morgan fingerprint density at radius 1 is 0.935 bits per heavy atom. The van der Waals surface area contributed by atoms with Gasteiger partial charge >= 0.3 is 6.09 Å². The van der Waals surface area contributed by atoms with Crippen molar-refractivity contribution in [1.82, 2.24) is 18.9 Å². The van der Waals surface area contributed by atoms with Crippen LogP contribution in [0.2, 0.25) is 0 Å². The zero-order valence-electron chi connectivity index (χ0n) is 25.8. The van der Waals surface area contributed by atoms with Crippen molar-refractivity contribution in [2.75, 3.05) is 33.5 Å². The van der Waals surface area contributed by atoms with Gasteiger partial charge in [-0.25, -0.2) is 18.0 Å². The largest absolute Gasteiger partial charge is 0.436 e. The zero-order chi connectivity index (χ0) is 33.5. The lowest BCUT2D eigenvalue weighted by Crippen LogP contribution is -2.37. The van der Waals surface area contributed by atoms with Gasteiger partial charge in [-0.3, -0.25) is 14.4 Å². The van der Waals surface area contributed by atoms with Crippen LogP contribution in [0.5, 0.6) is 0 Å². The third-order valence-corrected chi connectivity index (χ3v) is 7.10. The van der Waals surface area contributed by atoms with E-state index in [1.165, 1.54) is 66.2 Å². The molecule has 0 radical (unpaired) electrons. The number of rotatable bonds is 11. The number of likely N-dealkylation sites (N-methyl/N-ethyl adjacent to an activating group) is 1. The summed E-state index contributed by atoms with van der Waals surface area (Å²) in [5, 5.41) is 3.06. The van der Waals surface area contributed by atoms with E-state index in [2.05, 4.69) is 5.32 Å². The smallest absolute Gasteiger partial charge is 0.410 e. The van der Waals surface area contributed by atoms with E-state index in [9.17, 15) is 32.3 Å². The molecule has 242 valence electrons. The molecule has 4 aromatic rings. The summed E-state index contributed by atoms with van der Waals surface area (Å²) in [7, 11) is 6.11. The SMILES string of the molecule is CN(C)C(=O)/C=C/CCC(OC(=O)N(C)C)C(=O)Nc1cccn(Cc2cc3cc(F)ccc3n2Cc2ccc(F)cc2F)c1=O. The van der Waals surface area contributed by atoms with Gasteiger partial charge in [0.15, 0.2) is 6.10 Å². The number of fused-ring (bicyclic) bond motifs is 1. The number of carbonyl (C=O) groups is 3. The predicted octanol–water partition coefficient (Wildman–Crippen LogP) is 4.75. The fourth-order valence-corrected chi connectivity index (χ4v) is 4.63. The van der Waals surface area contributed by atoms with Crippen molar-refractivity contribution < 1.29 is 32.3 Å². The maximum atomic E-state index is 14.6. The summed E-state index contributed by atoms with van der Waals surface area (Å²) in [4.78, 5) is 53.4. The number of aromatic nitrogens is 2. The molecule has 0 spiro atoms. The second-order valence-corrected chi connectivity index (χ2v) is 11.0. The minimum atomic E-state index is -1.27. The molecule has 1 atom stereocenters. The Hall–Kier alpha value is -5.33. The lowest BCUT2D eigenvalue weighted by atomic mass is 10.1. The number of allylic oxidation sites excluding steroid dienone is 1. The fraction of sp³-hybridized carbons (Fsp3) is 0.273. The first kappa shape index (κ1) is 33.6. The highest BCUT2D eigenvalue weighted by atomic mass is 19.1. The molecule has 13 heteroatoms. The Balaban J connectivity index is 1.60. The van der Waals surface area contributed by atoms with Crippen molar-refractivity contribution in [3.63, 3.8) is 0 Å². The molecule has 0 saturated carbocycles. The van der Waals surface area contributed by atoms with Crippen LogP contribution in [0, 0.1) is 17.5 Å². The first-order valence-corrected chi connectivity index (χ1v) is 14.3. The summed E-state index contributed by atoms with van der Waals surface area (Å²) in [6, 6.07) is 12.0. The molecule has 4 rings (SSSR count). The van der Waals surface area contributed by atoms with Gasteiger partial charge in [-0.05, 0) is 61.4 Å². The molecule has 2 heterocycles. The van der Waals surface area contributed by atoms with Crippen LogP contribution in [0.3, 0.4) is 0 Å². The Morgan fingerprint density at radius 2 is 1.65 bits per heavy atom. The highest BCUT2D eigenvalue weighted by Crippen LogP contribution is 2.24. The van der Waals surface area contributed by atoms with Crippen molar-refractivity contribution in [1.29, 1.82) is 0 Å². The third-order valence-electron chi connectivity index (χ3n) is 7.10. The molecule has 0 aliphatic heterocycles. The first-order chi connectivity index (χ1) is 21.8. The predicted molar refractivity (Wildman–Crippen MR) is 167 cm³/mol. The Kier molecular flexibility index (Phi) is 10.7. The van der Waals surface area contributed by atoms with Gasteiger partial charge < -0.3 is 29.0 Å². The molecule has 0 saturated heterocycles. The van der Waals surface area contributed by atoms with Crippen LogP contribution in [-0.4, -0.2) is 71.1 Å². The van der Waals surface area contributed by atoms with Crippen LogP contribution >= 0.6 is 0 Å². The van der Waals surface area contributed by atoms with E-state index in [0.717, 1.165) is 17.0 Å². The van der Waals surface area contributed by atoms with Gasteiger partial charge in [0, 0.05) is 62.6 Å². The Bertz CT molecular complexity index is 1850. The molecule has 0 bridgehead atoms. The maximum absolute atomic E-state index is 14.6. The summed E-state index contributed by atoms with van der Waals surface area (Å²) < 4.78 is 50.6. The van der Waals surface area contributed by atoms with Gasteiger partial charge in [-0.1, -0.05) is 12.1 Å². The highest BCUT2D eigenvalue weighted by Gasteiger charge is 2.24. The van der Waals surface area contributed by atoms with E-state index in [0.29, 0.717) is 16.6 Å². The van der Waals surface area contributed by atoms with Crippen molar-refractivity contribution in [3.05, 3.63) is 112 Å². The van der Waals surface area contributed by atoms with Gasteiger partial charge in [0.05, 0.1) is 13.1 Å². The van der Waals surface area contributed by atoms with Gasteiger partial charge in [0.2, 0.25) is 5.91 Å². The monoisotopic (exact) mass is 637 g/mol. The number of pyridine rings is 1. The zero-order valence-corrected chi connectivity index (χ0v) is 25.8. The number of nitrogens with one attached hydrogen (secondary N) is 1. The van der Waals surface area contributed by atoms with Crippen LogP contribution < -0.4 is 10.9 Å². The highest BCUT2D eigenvalue weighted by molar-refractivity contribution is 5.95. The number of halogens is 3. The summed E-state index contributed by atoms with van der Waals surface area (Å²) in [6.07, 6.45) is 2.64. The molecule has 46 heavy (non-hydrogen) atoms. The number of anilines is 1. The van der Waals surface area contributed by atoms with E-state index in [-0.39, 0.29) is 43.1 Å². The summed E-state index contributed by atoms with van der Waals surface area (Å²) in [5.74, 6) is -2.94. The molecule has 1 N–H and O–H groups in total. The topological polar surface area (TPSA) is 106 Å². The second kappa shape index (κ2) is 14.6. The normalized spacial score (nSPS) is 11.9. The summed E-state index contributed by atoms with van der Waals surface area (Å²) >= 11 is 0. The summed E-state index contributed by atoms with van der Waals surface area (Å²) in [5.41, 5.74) is 0.615. The van der Waals surface area contributed by atoms with Gasteiger partial charge in [0.25, 0.3) is 11.5 Å². The quantitative estimate of drug-likeness (QED) is 0.239. The number of amides is 3. The van der Waals surface area contributed by atoms with E-state index >= 15 is 0 Å². The molecule has 0 fully saturated rings. The van der Waals surface area contributed by atoms with Crippen LogP contribution in [0.4, 0.5) is 23.7 Å².